The Bertz CT molecular complexity index is 678. The summed E-state index contributed by atoms with van der Waals surface area (Å²) >= 11 is 6.07. The van der Waals surface area contributed by atoms with Gasteiger partial charge in [-0.05, 0) is 39.8 Å². The van der Waals surface area contributed by atoms with E-state index in [0.29, 0.717) is 18.1 Å². The fourth-order valence-electron chi connectivity index (χ4n) is 2.30. The van der Waals surface area contributed by atoms with Crippen LogP contribution in [-0.4, -0.2) is 28.8 Å². The topological polar surface area (TPSA) is 72.1 Å². The molecule has 2 heterocycles. The van der Waals surface area contributed by atoms with Crippen LogP contribution < -0.4 is 10.6 Å². The van der Waals surface area contributed by atoms with Gasteiger partial charge in [0, 0.05) is 13.1 Å². The number of furan rings is 1. The van der Waals surface area contributed by atoms with Crippen molar-refractivity contribution in [1.29, 1.82) is 0 Å². The first kappa shape index (κ1) is 17.6. The van der Waals surface area contributed by atoms with Crippen LogP contribution in [0.4, 0.5) is 0 Å². The maximum absolute atomic E-state index is 11.9. The Morgan fingerprint density at radius 1 is 1.35 bits per heavy atom. The smallest absolute Gasteiger partial charge is 0.241 e. The maximum Gasteiger partial charge on any atom is 0.241 e. The SMILES string of the molecule is Cc1ccc([C@@H](C)NCCNC(=O)Cn2nc(C)c(Cl)c2C)o1. The highest BCUT2D eigenvalue weighted by molar-refractivity contribution is 6.31. The molecule has 7 heteroatoms. The lowest BCUT2D eigenvalue weighted by Gasteiger charge is -2.12. The van der Waals surface area contributed by atoms with E-state index in [1.165, 1.54) is 0 Å². The van der Waals surface area contributed by atoms with Crippen LogP contribution in [0.5, 0.6) is 0 Å². The Balaban J connectivity index is 1.71. The van der Waals surface area contributed by atoms with E-state index in [1.54, 1.807) is 4.68 Å². The van der Waals surface area contributed by atoms with Crippen molar-refractivity contribution in [2.45, 2.75) is 40.3 Å². The molecule has 0 fully saturated rings. The van der Waals surface area contributed by atoms with E-state index in [4.69, 9.17) is 16.0 Å². The van der Waals surface area contributed by atoms with Gasteiger partial charge in [-0.1, -0.05) is 11.6 Å². The third kappa shape index (κ3) is 4.59. The van der Waals surface area contributed by atoms with Crippen molar-refractivity contribution in [1.82, 2.24) is 20.4 Å². The zero-order valence-corrected chi connectivity index (χ0v) is 14.7. The number of halogens is 1. The molecule has 0 unspecified atom stereocenters. The molecule has 0 aliphatic rings. The lowest BCUT2D eigenvalue weighted by Crippen LogP contribution is -2.35. The van der Waals surface area contributed by atoms with Crippen molar-refractivity contribution in [2.75, 3.05) is 13.1 Å². The van der Waals surface area contributed by atoms with Crippen LogP contribution in [0.25, 0.3) is 0 Å². The van der Waals surface area contributed by atoms with E-state index >= 15 is 0 Å². The van der Waals surface area contributed by atoms with Crippen LogP contribution in [-0.2, 0) is 11.3 Å². The summed E-state index contributed by atoms with van der Waals surface area (Å²) in [5, 5.41) is 11.0. The van der Waals surface area contributed by atoms with Crippen molar-refractivity contribution >= 4 is 17.5 Å². The Kier molecular flexibility index (Phi) is 5.85. The highest BCUT2D eigenvalue weighted by atomic mass is 35.5. The summed E-state index contributed by atoms with van der Waals surface area (Å²) in [5.74, 6) is 1.70. The molecule has 0 saturated heterocycles. The Labute approximate surface area is 141 Å². The molecule has 1 amide bonds. The van der Waals surface area contributed by atoms with E-state index in [0.717, 1.165) is 22.9 Å². The van der Waals surface area contributed by atoms with Gasteiger partial charge < -0.3 is 15.1 Å². The Morgan fingerprint density at radius 3 is 2.65 bits per heavy atom. The fourth-order valence-corrected chi connectivity index (χ4v) is 2.43. The van der Waals surface area contributed by atoms with E-state index in [1.807, 2.05) is 39.8 Å². The molecule has 0 bridgehead atoms. The van der Waals surface area contributed by atoms with Gasteiger partial charge in [0.25, 0.3) is 0 Å². The molecular formula is C16H23ClN4O2. The molecule has 0 spiro atoms. The fraction of sp³-hybridized carbons (Fsp3) is 0.500. The zero-order valence-electron chi connectivity index (χ0n) is 13.9. The van der Waals surface area contributed by atoms with Crippen molar-refractivity contribution in [3.8, 4) is 0 Å². The average Bonchev–Trinajstić information content (AvgIpc) is 3.04. The van der Waals surface area contributed by atoms with Crippen LogP contribution in [0, 0.1) is 20.8 Å². The summed E-state index contributed by atoms with van der Waals surface area (Å²) in [6, 6.07) is 4.00. The molecule has 6 nitrogen and oxygen atoms in total. The maximum atomic E-state index is 11.9. The molecule has 2 aromatic heterocycles. The molecule has 0 aromatic carbocycles. The predicted molar refractivity (Wildman–Crippen MR) is 89.6 cm³/mol. The highest BCUT2D eigenvalue weighted by Gasteiger charge is 2.12. The normalized spacial score (nSPS) is 12.4. The monoisotopic (exact) mass is 338 g/mol. The second-order valence-electron chi connectivity index (χ2n) is 5.62. The summed E-state index contributed by atoms with van der Waals surface area (Å²) in [6.07, 6.45) is 0. The second-order valence-corrected chi connectivity index (χ2v) is 5.99. The van der Waals surface area contributed by atoms with Crippen LogP contribution in [0.1, 0.15) is 35.9 Å². The number of aryl methyl sites for hydroxylation is 2. The first-order valence-corrected chi connectivity index (χ1v) is 8.02. The molecule has 126 valence electrons. The van der Waals surface area contributed by atoms with Gasteiger partial charge in [-0.15, -0.1) is 0 Å². The number of nitrogens with zero attached hydrogens (tertiary/aromatic N) is 2. The van der Waals surface area contributed by atoms with E-state index in [2.05, 4.69) is 15.7 Å². The average molecular weight is 339 g/mol. The molecule has 1 atom stereocenters. The standard InChI is InChI=1S/C16H23ClN4O2/c1-10-5-6-14(23-10)11(2)18-7-8-19-15(22)9-21-13(4)16(17)12(3)20-21/h5-6,11,18H,7-9H2,1-4H3,(H,19,22)/t11-/m1/s1. The number of nitrogens with one attached hydrogen (secondary N) is 2. The first-order chi connectivity index (χ1) is 10.9. The number of carbonyl (C=O) groups is 1. The molecule has 0 aliphatic carbocycles. The molecule has 0 aliphatic heterocycles. The van der Waals surface area contributed by atoms with Gasteiger partial charge >= 0.3 is 0 Å². The third-order valence-electron chi connectivity index (χ3n) is 3.67. The first-order valence-electron chi connectivity index (χ1n) is 7.64. The van der Waals surface area contributed by atoms with Crippen LogP contribution in [0.15, 0.2) is 16.5 Å². The van der Waals surface area contributed by atoms with E-state index in [-0.39, 0.29) is 18.5 Å². The number of hydrogen-bond acceptors (Lipinski definition) is 4. The van der Waals surface area contributed by atoms with Crippen molar-refractivity contribution < 1.29 is 9.21 Å². The zero-order chi connectivity index (χ0) is 17.0. The van der Waals surface area contributed by atoms with Gasteiger partial charge in [0.2, 0.25) is 5.91 Å². The minimum Gasteiger partial charge on any atom is -0.465 e. The molecule has 0 saturated carbocycles. The lowest BCUT2D eigenvalue weighted by molar-refractivity contribution is -0.121. The summed E-state index contributed by atoms with van der Waals surface area (Å²) < 4.78 is 7.17. The van der Waals surface area contributed by atoms with Crippen LogP contribution in [0.2, 0.25) is 5.02 Å². The van der Waals surface area contributed by atoms with Crippen LogP contribution in [0.3, 0.4) is 0 Å². The molecule has 23 heavy (non-hydrogen) atoms. The molecular weight excluding hydrogens is 316 g/mol. The minimum absolute atomic E-state index is 0.0874. The van der Waals surface area contributed by atoms with E-state index in [9.17, 15) is 4.79 Å². The van der Waals surface area contributed by atoms with Gasteiger partial charge in [-0.2, -0.15) is 5.10 Å². The Hall–Kier alpha value is -1.79. The second kappa shape index (κ2) is 7.66. The van der Waals surface area contributed by atoms with Crippen molar-refractivity contribution in [2.24, 2.45) is 0 Å². The van der Waals surface area contributed by atoms with E-state index < -0.39 is 0 Å². The van der Waals surface area contributed by atoms with Gasteiger partial charge in [0.05, 0.1) is 22.5 Å². The number of rotatable bonds is 7. The van der Waals surface area contributed by atoms with Gasteiger partial charge in [-0.3, -0.25) is 9.48 Å². The highest BCUT2D eigenvalue weighted by Crippen LogP contribution is 2.18. The van der Waals surface area contributed by atoms with Crippen molar-refractivity contribution in [3.63, 3.8) is 0 Å². The number of amides is 1. The number of aromatic nitrogens is 2. The largest absolute Gasteiger partial charge is 0.465 e. The summed E-state index contributed by atoms with van der Waals surface area (Å²) in [5.41, 5.74) is 1.54. The van der Waals surface area contributed by atoms with Crippen LogP contribution >= 0.6 is 11.6 Å². The Morgan fingerprint density at radius 2 is 2.09 bits per heavy atom. The molecule has 2 N–H and O–H groups in total. The molecule has 2 rings (SSSR count). The molecule has 2 aromatic rings. The van der Waals surface area contributed by atoms with Gasteiger partial charge in [-0.25, -0.2) is 0 Å². The van der Waals surface area contributed by atoms with Gasteiger partial charge in [0.15, 0.2) is 0 Å². The minimum atomic E-state index is -0.0874. The summed E-state index contributed by atoms with van der Waals surface area (Å²) in [4.78, 5) is 11.9. The van der Waals surface area contributed by atoms with Gasteiger partial charge in [0.1, 0.15) is 18.1 Å². The van der Waals surface area contributed by atoms with Crippen molar-refractivity contribution in [3.05, 3.63) is 40.1 Å². The molecule has 0 radical (unpaired) electrons. The lowest BCUT2D eigenvalue weighted by atomic mass is 10.2. The summed E-state index contributed by atoms with van der Waals surface area (Å²) in [7, 11) is 0. The third-order valence-corrected chi connectivity index (χ3v) is 4.22. The quantitative estimate of drug-likeness (QED) is 0.761. The number of carbonyl (C=O) groups excluding carboxylic acids is 1. The number of hydrogen-bond donors (Lipinski definition) is 2. The predicted octanol–water partition coefficient (Wildman–Crippen LogP) is 2.52. The summed E-state index contributed by atoms with van der Waals surface area (Å²) in [6.45, 7) is 8.99.